The fraction of sp³-hybridized carbons (Fsp3) is 0.150. The molecule has 0 heterocycles. The Hall–Kier alpha value is -2.99. The van der Waals surface area contributed by atoms with Gasteiger partial charge in [0, 0.05) is 5.56 Å². The molecule has 0 aliphatic rings. The van der Waals surface area contributed by atoms with Crippen molar-refractivity contribution >= 4 is 11.9 Å². The molecule has 0 bridgehead atoms. The lowest BCUT2D eigenvalue weighted by molar-refractivity contribution is 0.104. The number of rotatable bonds is 6. The van der Waals surface area contributed by atoms with E-state index < -0.39 is 0 Å². The van der Waals surface area contributed by atoms with Crippen LogP contribution in [0.3, 0.4) is 0 Å². The lowest BCUT2D eigenvalue weighted by Crippen LogP contribution is -1.98. The highest BCUT2D eigenvalue weighted by atomic mass is 16.5. The fourth-order valence-corrected chi connectivity index (χ4v) is 2.14. The third kappa shape index (κ3) is 4.24. The number of aryl methyl sites for hydroxylation is 1. The quantitative estimate of drug-likeness (QED) is 0.461. The fourth-order valence-electron chi connectivity index (χ4n) is 2.14. The largest absolute Gasteiger partial charge is 0.493 e. The first kappa shape index (κ1) is 16.4. The van der Waals surface area contributed by atoms with Crippen molar-refractivity contribution in [2.24, 2.45) is 0 Å². The van der Waals surface area contributed by atoms with Crippen LogP contribution in [0, 0.1) is 19.3 Å². The maximum atomic E-state index is 12.2. The highest BCUT2D eigenvalue weighted by Crippen LogP contribution is 2.28. The van der Waals surface area contributed by atoms with E-state index in [-0.39, 0.29) is 12.4 Å². The normalized spacial score (nSPS) is 10.3. The molecule has 0 fully saturated rings. The summed E-state index contributed by atoms with van der Waals surface area (Å²) in [6.45, 7) is 2.10. The molecule has 116 valence electrons. The topological polar surface area (TPSA) is 35.5 Å². The highest BCUT2D eigenvalue weighted by Gasteiger charge is 2.06. The number of carbonyl (C=O) groups is 1. The van der Waals surface area contributed by atoms with Crippen molar-refractivity contribution < 1.29 is 14.3 Å². The maximum absolute atomic E-state index is 12.2. The molecular weight excluding hydrogens is 288 g/mol. The lowest BCUT2D eigenvalue weighted by Gasteiger charge is -2.09. The zero-order chi connectivity index (χ0) is 16.7. The van der Waals surface area contributed by atoms with Gasteiger partial charge in [0.25, 0.3) is 0 Å². The standard InChI is InChI=1S/C20H18O3/c1-4-13-23-19-12-10-16(14-20(19)22-3)9-11-18(21)17-8-6-5-7-15(17)2/h1,5-12,14H,13H2,2-3H3/b11-9+. The molecule has 0 aliphatic carbocycles. The summed E-state index contributed by atoms with van der Waals surface area (Å²) in [5.41, 5.74) is 2.50. The number of ether oxygens (including phenoxy) is 2. The number of carbonyl (C=O) groups excluding carboxylic acids is 1. The Morgan fingerprint density at radius 3 is 2.70 bits per heavy atom. The SMILES string of the molecule is C#CCOc1ccc(/C=C/C(=O)c2ccccc2C)cc1OC. The van der Waals surface area contributed by atoms with Gasteiger partial charge in [-0.2, -0.15) is 0 Å². The first-order valence-electron chi connectivity index (χ1n) is 7.18. The minimum Gasteiger partial charge on any atom is -0.493 e. The van der Waals surface area contributed by atoms with Crippen LogP contribution in [-0.2, 0) is 0 Å². The zero-order valence-electron chi connectivity index (χ0n) is 13.2. The van der Waals surface area contributed by atoms with E-state index in [0.717, 1.165) is 11.1 Å². The lowest BCUT2D eigenvalue weighted by atomic mass is 10.0. The minimum atomic E-state index is -0.0327. The Kier molecular flexibility index (Phi) is 5.60. The Bertz CT molecular complexity index is 767. The summed E-state index contributed by atoms with van der Waals surface area (Å²) in [6.07, 6.45) is 8.49. The molecule has 0 aromatic heterocycles. The predicted molar refractivity (Wildman–Crippen MR) is 91.9 cm³/mol. The van der Waals surface area contributed by atoms with Crippen molar-refractivity contribution in [1.29, 1.82) is 0 Å². The first-order valence-corrected chi connectivity index (χ1v) is 7.18. The summed E-state index contributed by atoms with van der Waals surface area (Å²) in [7, 11) is 1.56. The second kappa shape index (κ2) is 7.86. The minimum absolute atomic E-state index is 0.0327. The van der Waals surface area contributed by atoms with Gasteiger partial charge in [0.15, 0.2) is 17.3 Å². The molecule has 0 amide bonds. The molecule has 3 nitrogen and oxygen atoms in total. The molecule has 0 saturated heterocycles. The van der Waals surface area contributed by atoms with E-state index in [2.05, 4.69) is 5.92 Å². The third-order valence-electron chi connectivity index (χ3n) is 3.34. The van der Waals surface area contributed by atoms with E-state index in [1.54, 1.807) is 31.4 Å². The summed E-state index contributed by atoms with van der Waals surface area (Å²) < 4.78 is 10.7. The molecule has 0 N–H and O–H groups in total. The van der Waals surface area contributed by atoms with E-state index >= 15 is 0 Å². The van der Waals surface area contributed by atoms with Gasteiger partial charge in [-0.15, -0.1) is 6.42 Å². The van der Waals surface area contributed by atoms with Gasteiger partial charge in [-0.25, -0.2) is 0 Å². The molecule has 23 heavy (non-hydrogen) atoms. The molecule has 2 aromatic rings. The second-order valence-electron chi connectivity index (χ2n) is 4.92. The van der Waals surface area contributed by atoms with Crippen LogP contribution in [0.15, 0.2) is 48.5 Å². The van der Waals surface area contributed by atoms with Crippen LogP contribution in [0.4, 0.5) is 0 Å². The maximum Gasteiger partial charge on any atom is 0.186 e. The van der Waals surface area contributed by atoms with Crippen molar-refractivity contribution in [3.63, 3.8) is 0 Å². The van der Waals surface area contributed by atoms with Gasteiger partial charge in [0.05, 0.1) is 7.11 Å². The van der Waals surface area contributed by atoms with Gasteiger partial charge >= 0.3 is 0 Å². The Morgan fingerprint density at radius 2 is 2.00 bits per heavy atom. The average Bonchev–Trinajstić information content (AvgIpc) is 2.58. The molecule has 3 heteroatoms. The Morgan fingerprint density at radius 1 is 1.22 bits per heavy atom. The number of ketones is 1. The van der Waals surface area contributed by atoms with Crippen LogP contribution in [-0.4, -0.2) is 19.5 Å². The summed E-state index contributed by atoms with van der Waals surface area (Å²) in [6, 6.07) is 12.9. The second-order valence-corrected chi connectivity index (χ2v) is 4.92. The van der Waals surface area contributed by atoms with Gasteiger partial charge < -0.3 is 9.47 Å². The third-order valence-corrected chi connectivity index (χ3v) is 3.34. The van der Waals surface area contributed by atoms with Gasteiger partial charge in [-0.05, 0) is 36.3 Å². The summed E-state index contributed by atoms with van der Waals surface area (Å²) in [5, 5.41) is 0. The summed E-state index contributed by atoms with van der Waals surface area (Å²) >= 11 is 0. The van der Waals surface area contributed by atoms with Crippen LogP contribution in [0.25, 0.3) is 6.08 Å². The van der Waals surface area contributed by atoms with Gasteiger partial charge in [0.1, 0.15) is 6.61 Å². The van der Waals surface area contributed by atoms with Gasteiger partial charge in [0.2, 0.25) is 0 Å². The molecule has 2 rings (SSSR count). The molecular formula is C20H18O3. The van der Waals surface area contributed by atoms with Crippen molar-refractivity contribution in [2.45, 2.75) is 6.92 Å². The van der Waals surface area contributed by atoms with Crippen molar-refractivity contribution in [1.82, 2.24) is 0 Å². The molecule has 0 atom stereocenters. The number of hydrogen-bond donors (Lipinski definition) is 0. The van der Waals surface area contributed by atoms with Crippen molar-refractivity contribution in [3.05, 3.63) is 65.2 Å². The summed E-state index contributed by atoms with van der Waals surface area (Å²) in [5.74, 6) is 3.53. The smallest absolute Gasteiger partial charge is 0.186 e. The van der Waals surface area contributed by atoms with Crippen LogP contribution < -0.4 is 9.47 Å². The monoisotopic (exact) mass is 306 g/mol. The first-order chi connectivity index (χ1) is 11.2. The number of allylic oxidation sites excluding steroid dienone is 1. The van der Waals surface area contributed by atoms with Crippen LogP contribution in [0.2, 0.25) is 0 Å². The van der Waals surface area contributed by atoms with Crippen LogP contribution in [0.1, 0.15) is 21.5 Å². The van der Waals surface area contributed by atoms with Crippen molar-refractivity contribution in [2.75, 3.05) is 13.7 Å². The Labute approximate surface area is 136 Å². The average molecular weight is 306 g/mol. The van der Waals surface area contributed by atoms with Gasteiger partial charge in [-0.3, -0.25) is 4.79 Å². The number of terminal acetylenes is 1. The number of hydrogen-bond acceptors (Lipinski definition) is 3. The number of methoxy groups -OCH3 is 1. The predicted octanol–water partition coefficient (Wildman–Crippen LogP) is 3.91. The molecule has 0 aliphatic heterocycles. The van der Waals surface area contributed by atoms with E-state index in [0.29, 0.717) is 17.1 Å². The van der Waals surface area contributed by atoms with Crippen LogP contribution >= 0.6 is 0 Å². The molecule has 0 spiro atoms. The van der Waals surface area contributed by atoms with E-state index in [9.17, 15) is 4.79 Å². The zero-order valence-corrected chi connectivity index (χ0v) is 13.2. The molecule has 0 unspecified atom stereocenters. The van der Waals surface area contributed by atoms with Crippen LogP contribution in [0.5, 0.6) is 11.5 Å². The number of benzene rings is 2. The molecule has 0 radical (unpaired) electrons. The van der Waals surface area contributed by atoms with Crippen molar-refractivity contribution in [3.8, 4) is 23.8 Å². The van der Waals surface area contributed by atoms with E-state index in [4.69, 9.17) is 15.9 Å². The van der Waals surface area contributed by atoms with E-state index in [1.807, 2.05) is 37.3 Å². The molecule has 2 aromatic carbocycles. The summed E-state index contributed by atoms with van der Waals surface area (Å²) in [4.78, 5) is 12.2. The Balaban J connectivity index is 2.18. The van der Waals surface area contributed by atoms with Gasteiger partial charge in [-0.1, -0.05) is 42.3 Å². The highest BCUT2D eigenvalue weighted by molar-refractivity contribution is 6.07. The van der Waals surface area contributed by atoms with E-state index in [1.165, 1.54) is 0 Å². The molecule has 0 saturated carbocycles.